The van der Waals surface area contributed by atoms with E-state index in [1.165, 1.54) is 5.56 Å². The summed E-state index contributed by atoms with van der Waals surface area (Å²) in [6, 6.07) is 38.3. The number of aromatic hydroxyl groups is 1. The Labute approximate surface area is 241 Å². The number of hydrogen-bond donors (Lipinski definition) is 1. The summed E-state index contributed by atoms with van der Waals surface area (Å²) in [6.45, 7) is 6.63. The normalized spacial score (nSPS) is 11.4. The van der Waals surface area contributed by atoms with Crippen molar-refractivity contribution < 1.29 is 5.11 Å². The minimum atomic E-state index is 0.0266. The zero-order valence-corrected chi connectivity index (χ0v) is 23.4. The molecule has 1 N–H and O–H groups in total. The van der Waals surface area contributed by atoms with E-state index in [0.29, 0.717) is 11.3 Å². The Morgan fingerprint density at radius 1 is 0.488 bits per heavy atom. The molecular weight excluding hydrogens is 502 g/mol. The number of aromatic nitrogens is 3. The predicted molar refractivity (Wildman–Crippen MR) is 167 cm³/mol. The summed E-state index contributed by atoms with van der Waals surface area (Å²) in [6.07, 6.45) is 3.69. The molecule has 0 fully saturated rings. The Bertz CT molecular complexity index is 1840. The first-order valence-corrected chi connectivity index (χ1v) is 13.8. The van der Waals surface area contributed by atoms with Crippen LogP contribution in [0.1, 0.15) is 26.3 Å². The highest BCUT2D eigenvalue weighted by molar-refractivity contribution is 5.86. The second-order valence-corrected chi connectivity index (χ2v) is 11.2. The standard InChI is InChI=1S/C37H31N3O/c1-37(2,3)28-18-20-39-33(24-28)25-11-10-12-26(21-25)34-22-27(23-35(40-34)31-15-6-7-17-36(31)41)29-13-4-5-14-30(29)32-16-8-9-19-38-32/h4-24,41H,1-3H3. The Morgan fingerprint density at radius 3 is 1.88 bits per heavy atom. The lowest BCUT2D eigenvalue weighted by Gasteiger charge is -2.19. The zero-order valence-electron chi connectivity index (χ0n) is 23.4. The predicted octanol–water partition coefficient (Wildman–Crippen LogP) is 9.21. The summed E-state index contributed by atoms with van der Waals surface area (Å²) in [5.41, 5.74) is 10.4. The molecular formula is C37H31N3O. The van der Waals surface area contributed by atoms with Crippen LogP contribution in [-0.4, -0.2) is 20.1 Å². The van der Waals surface area contributed by atoms with E-state index in [9.17, 15) is 5.11 Å². The molecule has 0 aliphatic rings. The lowest BCUT2D eigenvalue weighted by atomic mass is 9.87. The van der Waals surface area contributed by atoms with Gasteiger partial charge in [0.2, 0.25) is 0 Å². The summed E-state index contributed by atoms with van der Waals surface area (Å²) in [7, 11) is 0. The summed E-state index contributed by atoms with van der Waals surface area (Å²) in [5, 5.41) is 10.7. The van der Waals surface area contributed by atoms with Gasteiger partial charge in [-0.2, -0.15) is 0 Å². The van der Waals surface area contributed by atoms with Crippen LogP contribution in [-0.2, 0) is 5.41 Å². The van der Waals surface area contributed by atoms with Crippen molar-refractivity contribution in [2.75, 3.05) is 0 Å². The molecule has 200 valence electrons. The molecule has 0 unspecified atom stereocenters. The van der Waals surface area contributed by atoms with E-state index in [0.717, 1.165) is 44.9 Å². The summed E-state index contributed by atoms with van der Waals surface area (Å²) in [4.78, 5) is 14.4. The van der Waals surface area contributed by atoms with Crippen molar-refractivity contribution in [3.8, 4) is 61.9 Å². The van der Waals surface area contributed by atoms with Crippen molar-refractivity contribution in [2.24, 2.45) is 0 Å². The van der Waals surface area contributed by atoms with Crippen LogP contribution in [0.25, 0.3) is 56.2 Å². The van der Waals surface area contributed by atoms with Crippen LogP contribution in [0.15, 0.2) is 128 Å². The van der Waals surface area contributed by atoms with Gasteiger partial charge in [0.15, 0.2) is 0 Å². The van der Waals surface area contributed by atoms with Crippen molar-refractivity contribution in [1.29, 1.82) is 0 Å². The summed E-state index contributed by atoms with van der Waals surface area (Å²) in [5.74, 6) is 0.193. The summed E-state index contributed by atoms with van der Waals surface area (Å²) >= 11 is 0. The molecule has 6 aromatic rings. The van der Waals surface area contributed by atoms with Gasteiger partial charge < -0.3 is 5.11 Å². The molecule has 0 radical (unpaired) electrons. The number of benzene rings is 3. The first-order chi connectivity index (χ1) is 19.9. The monoisotopic (exact) mass is 533 g/mol. The number of pyridine rings is 3. The van der Waals surface area contributed by atoms with Gasteiger partial charge in [-0.05, 0) is 76.7 Å². The molecule has 3 aromatic carbocycles. The van der Waals surface area contributed by atoms with Crippen molar-refractivity contribution in [3.05, 3.63) is 133 Å². The highest BCUT2D eigenvalue weighted by Crippen LogP contribution is 2.38. The lowest BCUT2D eigenvalue weighted by molar-refractivity contribution is 0.477. The number of para-hydroxylation sites is 1. The molecule has 0 amide bonds. The van der Waals surface area contributed by atoms with Crippen molar-refractivity contribution >= 4 is 0 Å². The maximum Gasteiger partial charge on any atom is 0.124 e. The van der Waals surface area contributed by atoms with E-state index in [-0.39, 0.29) is 11.2 Å². The van der Waals surface area contributed by atoms with Gasteiger partial charge in [0.05, 0.1) is 22.8 Å². The van der Waals surface area contributed by atoms with Gasteiger partial charge in [-0.15, -0.1) is 0 Å². The SMILES string of the molecule is CC(C)(C)c1ccnc(-c2cccc(-c3cc(-c4ccccc4-c4ccccn4)cc(-c4ccccc4O)n3)c2)c1. The molecule has 0 spiro atoms. The fourth-order valence-electron chi connectivity index (χ4n) is 5.04. The minimum absolute atomic E-state index is 0.0266. The smallest absolute Gasteiger partial charge is 0.124 e. The van der Waals surface area contributed by atoms with E-state index in [1.807, 2.05) is 73.1 Å². The largest absolute Gasteiger partial charge is 0.507 e. The number of nitrogens with zero attached hydrogens (tertiary/aromatic N) is 3. The first-order valence-electron chi connectivity index (χ1n) is 13.8. The van der Waals surface area contributed by atoms with E-state index in [2.05, 4.69) is 79.3 Å². The average Bonchev–Trinajstić information content (AvgIpc) is 3.01. The molecule has 6 rings (SSSR count). The molecule has 4 nitrogen and oxygen atoms in total. The molecule has 3 heterocycles. The number of rotatable bonds is 5. The summed E-state index contributed by atoms with van der Waals surface area (Å²) < 4.78 is 0. The second-order valence-electron chi connectivity index (χ2n) is 11.2. The molecule has 4 heteroatoms. The van der Waals surface area contributed by atoms with Crippen LogP contribution in [0.2, 0.25) is 0 Å². The van der Waals surface area contributed by atoms with Crippen LogP contribution < -0.4 is 0 Å². The fourth-order valence-corrected chi connectivity index (χ4v) is 5.04. The molecule has 0 aliphatic carbocycles. The van der Waals surface area contributed by atoms with Crippen molar-refractivity contribution in [3.63, 3.8) is 0 Å². The van der Waals surface area contributed by atoms with Crippen LogP contribution in [0.3, 0.4) is 0 Å². The van der Waals surface area contributed by atoms with Gasteiger partial charge in [-0.3, -0.25) is 9.97 Å². The van der Waals surface area contributed by atoms with Gasteiger partial charge in [-0.25, -0.2) is 4.98 Å². The molecule has 0 bridgehead atoms. The van der Waals surface area contributed by atoms with Crippen LogP contribution in [0.4, 0.5) is 0 Å². The fraction of sp³-hybridized carbons (Fsp3) is 0.108. The van der Waals surface area contributed by atoms with E-state index >= 15 is 0 Å². The molecule has 41 heavy (non-hydrogen) atoms. The van der Waals surface area contributed by atoms with Crippen molar-refractivity contribution in [1.82, 2.24) is 15.0 Å². The quantitative estimate of drug-likeness (QED) is 0.240. The third-order valence-electron chi connectivity index (χ3n) is 7.26. The topological polar surface area (TPSA) is 58.9 Å². The third-order valence-corrected chi connectivity index (χ3v) is 7.26. The Hall–Kier alpha value is -5.09. The van der Waals surface area contributed by atoms with E-state index < -0.39 is 0 Å². The van der Waals surface area contributed by atoms with Crippen LogP contribution in [0.5, 0.6) is 5.75 Å². The van der Waals surface area contributed by atoms with Gasteiger partial charge in [0.25, 0.3) is 0 Å². The number of phenols is 1. The highest BCUT2D eigenvalue weighted by atomic mass is 16.3. The van der Waals surface area contributed by atoms with Gasteiger partial charge in [0.1, 0.15) is 5.75 Å². The second kappa shape index (κ2) is 10.8. The van der Waals surface area contributed by atoms with Crippen LogP contribution in [0, 0.1) is 0 Å². The highest BCUT2D eigenvalue weighted by Gasteiger charge is 2.17. The Morgan fingerprint density at radius 2 is 1.15 bits per heavy atom. The van der Waals surface area contributed by atoms with Crippen LogP contribution >= 0.6 is 0 Å². The third kappa shape index (κ3) is 5.50. The molecule has 0 atom stereocenters. The number of hydrogen-bond acceptors (Lipinski definition) is 4. The maximum absolute atomic E-state index is 10.7. The molecule has 0 saturated heterocycles. The average molecular weight is 534 g/mol. The van der Waals surface area contributed by atoms with Gasteiger partial charge in [0, 0.05) is 34.6 Å². The zero-order chi connectivity index (χ0) is 28.4. The molecule has 0 saturated carbocycles. The van der Waals surface area contributed by atoms with E-state index in [4.69, 9.17) is 4.98 Å². The lowest BCUT2D eigenvalue weighted by Crippen LogP contribution is -2.11. The Balaban J connectivity index is 1.53. The maximum atomic E-state index is 10.7. The first kappa shape index (κ1) is 26.1. The molecule has 3 aromatic heterocycles. The van der Waals surface area contributed by atoms with Gasteiger partial charge in [-0.1, -0.05) is 81.4 Å². The van der Waals surface area contributed by atoms with Gasteiger partial charge >= 0.3 is 0 Å². The Kier molecular flexibility index (Phi) is 6.90. The molecule has 0 aliphatic heterocycles. The number of phenolic OH excluding ortho intramolecular Hbond substituents is 1. The van der Waals surface area contributed by atoms with E-state index in [1.54, 1.807) is 6.07 Å². The van der Waals surface area contributed by atoms with Crippen molar-refractivity contribution in [2.45, 2.75) is 26.2 Å². The minimum Gasteiger partial charge on any atom is -0.507 e.